The van der Waals surface area contributed by atoms with Gasteiger partial charge in [0, 0.05) is 36.9 Å². The Labute approximate surface area is 197 Å². The van der Waals surface area contributed by atoms with Crippen LogP contribution in [-0.4, -0.2) is 49.6 Å². The Morgan fingerprint density at radius 1 is 1.21 bits per heavy atom. The number of nitrogens with zero attached hydrogens (tertiary/aromatic N) is 2. The molecule has 0 saturated carbocycles. The number of aliphatic imine (C=N–C) groups is 1. The molecule has 1 atom stereocenters. The molecule has 0 spiro atoms. The van der Waals surface area contributed by atoms with Gasteiger partial charge in [0.1, 0.15) is 5.76 Å². The molecule has 2 aromatic heterocycles. The molecule has 0 amide bonds. The second-order valence-electron chi connectivity index (χ2n) is 7.03. The van der Waals surface area contributed by atoms with Crippen LogP contribution in [0.1, 0.15) is 44.3 Å². The van der Waals surface area contributed by atoms with Crippen LogP contribution in [0.15, 0.2) is 45.3 Å². The summed E-state index contributed by atoms with van der Waals surface area (Å²) in [6.07, 6.45) is 5.90. The minimum Gasteiger partial charge on any atom is -0.469 e. The van der Waals surface area contributed by atoms with E-state index >= 15 is 0 Å². The molecular weight excluding hydrogens is 495 g/mol. The molecule has 0 aliphatic carbocycles. The summed E-state index contributed by atoms with van der Waals surface area (Å²) in [5.41, 5.74) is 0. The fourth-order valence-corrected chi connectivity index (χ4v) is 3.81. The van der Waals surface area contributed by atoms with E-state index in [4.69, 9.17) is 9.41 Å². The van der Waals surface area contributed by atoms with Gasteiger partial charge in [0.2, 0.25) is 0 Å². The standard InChI is InChI=1S/C22H36N4OS.HI/c1-4-26(5-2)16-6-9-19(3)25-22(23-14-12-20-10-7-17-27-20)24-15-13-21-11-8-18-28-21;/h7-8,10-11,17-19H,4-6,9,12-16H2,1-3H3,(H2,23,24,25);1H. The van der Waals surface area contributed by atoms with E-state index in [1.165, 1.54) is 11.3 Å². The Morgan fingerprint density at radius 2 is 2.03 bits per heavy atom. The van der Waals surface area contributed by atoms with E-state index in [1.807, 2.05) is 12.1 Å². The molecule has 0 bridgehead atoms. The zero-order chi connectivity index (χ0) is 20.0. The molecule has 0 radical (unpaired) electrons. The van der Waals surface area contributed by atoms with Crippen molar-refractivity contribution in [1.82, 2.24) is 15.5 Å². The highest BCUT2D eigenvalue weighted by atomic mass is 127. The first-order chi connectivity index (χ1) is 13.7. The van der Waals surface area contributed by atoms with Gasteiger partial charge in [-0.3, -0.25) is 4.99 Å². The number of halogens is 1. The minimum atomic E-state index is 0. The average Bonchev–Trinajstić information content (AvgIpc) is 3.39. The molecule has 0 aliphatic rings. The molecule has 29 heavy (non-hydrogen) atoms. The van der Waals surface area contributed by atoms with Crippen LogP contribution in [-0.2, 0) is 12.8 Å². The lowest BCUT2D eigenvalue weighted by molar-refractivity contribution is 0.292. The number of nitrogens with one attached hydrogen (secondary N) is 2. The summed E-state index contributed by atoms with van der Waals surface area (Å²) in [6, 6.07) is 8.61. The third-order valence-corrected chi connectivity index (χ3v) is 5.78. The summed E-state index contributed by atoms with van der Waals surface area (Å²) in [7, 11) is 0. The zero-order valence-electron chi connectivity index (χ0n) is 18.0. The highest BCUT2D eigenvalue weighted by Crippen LogP contribution is 2.09. The maximum Gasteiger partial charge on any atom is 0.191 e. The van der Waals surface area contributed by atoms with Crippen molar-refractivity contribution in [3.63, 3.8) is 0 Å². The Kier molecular flexibility index (Phi) is 14.1. The van der Waals surface area contributed by atoms with Gasteiger partial charge in [-0.05, 0) is 63.0 Å². The maximum absolute atomic E-state index is 5.42. The van der Waals surface area contributed by atoms with Gasteiger partial charge in [0.25, 0.3) is 0 Å². The highest BCUT2D eigenvalue weighted by molar-refractivity contribution is 14.0. The molecule has 0 fully saturated rings. The topological polar surface area (TPSA) is 52.8 Å². The first-order valence-corrected chi connectivity index (χ1v) is 11.4. The largest absolute Gasteiger partial charge is 0.469 e. The fraction of sp³-hybridized carbons (Fsp3) is 0.591. The van der Waals surface area contributed by atoms with E-state index in [0.29, 0.717) is 6.04 Å². The van der Waals surface area contributed by atoms with Crippen LogP contribution < -0.4 is 10.6 Å². The third kappa shape index (κ3) is 11.1. The Hall–Kier alpha value is -1.06. The number of guanidine groups is 1. The first kappa shape index (κ1) is 26.0. The van der Waals surface area contributed by atoms with E-state index in [0.717, 1.165) is 63.7 Å². The molecule has 7 heteroatoms. The van der Waals surface area contributed by atoms with Gasteiger partial charge in [-0.1, -0.05) is 19.9 Å². The van der Waals surface area contributed by atoms with Crippen LogP contribution in [0.5, 0.6) is 0 Å². The van der Waals surface area contributed by atoms with Crippen LogP contribution in [0, 0.1) is 0 Å². The summed E-state index contributed by atoms with van der Waals surface area (Å²) < 4.78 is 5.42. The predicted octanol–water partition coefficient (Wildman–Crippen LogP) is 4.79. The normalized spacial score (nSPS) is 12.6. The molecule has 1 unspecified atom stereocenters. The number of hydrogen-bond donors (Lipinski definition) is 2. The second kappa shape index (κ2) is 15.7. The van der Waals surface area contributed by atoms with Crippen LogP contribution in [0.2, 0.25) is 0 Å². The fourth-order valence-electron chi connectivity index (χ4n) is 3.11. The molecule has 0 aromatic carbocycles. The predicted molar refractivity (Wildman–Crippen MR) is 136 cm³/mol. The van der Waals surface area contributed by atoms with Gasteiger partial charge in [-0.15, -0.1) is 35.3 Å². The highest BCUT2D eigenvalue weighted by Gasteiger charge is 2.07. The van der Waals surface area contributed by atoms with E-state index in [-0.39, 0.29) is 24.0 Å². The molecule has 2 heterocycles. The summed E-state index contributed by atoms with van der Waals surface area (Å²) in [5, 5.41) is 9.17. The van der Waals surface area contributed by atoms with Gasteiger partial charge in [0.05, 0.1) is 6.26 Å². The molecular formula is C22H37IN4OS. The van der Waals surface area contributed by atoms with Gasteiger partial charge in [0.15, 0.2) is 5.96 Å². The van der Waals surface area contributed by atoms with Crippen molar-refractivity contribution in [2.24, 2.45) is 4.99 Å². The van der Waals surface area contributed by atoms with Crippen molar-refractivity contribution >= 4 is 41.3 Å². The van der Waals surface area contributed by atoms with Crippen molar-refractivity contribution in [2.45, 2.75) is 52.5 Å². The quantitative estimate of drug-likeness (QED) is 0.221. The lowest BCUT2D eigenvalue weighted by Crippen LogP contribution is -2.43. The Bertz CT molecular complexity index is 642. The molecule has 5 nitrogen and oxygen atoms in total. The lowest BCUT2D eigenvalue weighted by atomic mass is 10.2. The smallest absolute Gasteiger partial charge is 0.191 e. The maximum atomic E-state index is 5.42. The summed E-state index contributed by atoms with van der Waals surface area (Å²) >= 11 is 1.80. The lowest BCUT2D eigenvalue weighted by Gasteiger charge is -2.21. The van der Waals surface area contributed by atoms with Crippen LogP contribution in [0.25, 0.3) is 0 Å². The van der Waals surface area contributed by atoms with Gasteiger partial charge < -0.3 is 20.0 Å². The van der Waals surface area contributed by atoms with E-state index in [1.54, 1.807) is 17.6 Å². The number of furan rings is 1. The van der Waals surface area contributed by atoms with Crippen molar-refractivity contribution < 1.29 is 4.42 Å². The molecule has 164 valence electrons. The second-order valence-corrected chi connectivity index (χ2v) is 8.06. The van der Waals surface area contributed by atoms with Crippen molar-refractivity contribution in [2.75, 3.05) is 32.7 Å². The van der Waals surface area contributed by atoms with Crippen molar-refractivity contribution in [3.05, 3.63) is 46.5 Å². The number of hydrogen-bond acceptors (Lipinski definition) is 4. The molecule has 2 aromatic rings. The number of thiophene rings is 1. The monoisotopic (exact) mass is 532 g/mol. The van der Waals surface area contributed by atoms with Gasteiger partial charge in [-0.2, -0.15) is 0 Å². The summed E-state index contributed by atoms with van der Waals surface area (Å²) in [6.45, 7) is 11.7. The van der Waals surface area contributed by atoms with Crippen molar-refractivity contribution in [1.29, 1.82) is 0 Å². The minimum absolute atomic E-state index is 0. The van der Waals surface area contributed by atoms with Crippen LogP contribution >= 0.6 is 35.3 Å². The van der Waals surface area contributed by atoms with E-state index in [9.17, 15) is 0 Å². The van der Waals surface area contributed by atoms with E-state index < -0.39 is 0 Å². The summed E-state index contributed by atoms with van der Waals surface area (Å²) in [5.74, 6) is 1.90. The molecule has 0 aliphatic heterocycles. The summed E-state index contributed by atoms with van der Waals surface area (Å²) in [4.78, 5) is 8.65. The van der Waals surface area contributed by atoms with Gasteiger partial charge >= 0.3 is 0 Å². The number of rotatable bonds is 13. The Morgan fingerprint density at radius 3 is 2.69 bits per heavy atom. The zero-order valence-corrected chi connectivity index (χ0v) is 21.2. The SMILES string of the molecule is CCN(CC)CCCC(C)NC(=NCCc1cccs1)NCCc1ccco1.I. The van der Waals surface area contributed by atoms with Gasteiger partial charge in [-0.25, -0.2) is 0 Å². The molecule has 0 saturated heterocycles. The van der Waals surface area contributed by atoms with Crippen LogP contribution in [0.4, 0.5) is 0 Å². The van der Waals surface area contributed by atoms with Crippen LogP contribution in [0.3, 0.4) is 0 Å². The Balaban J connectivity index is 0.00000420. The molecule has 2 N–H and O–H groups in total. The van der Waals surface area contributed by atoms with E-state index in [2.05, 4.69) is 53.8 Å². The third-order valence-electron chi connectivity index (χ3n) is 4.84. The average molecular weight is 533 g/mol. The molecule has 2 rings (SSSR count). The van der Waals surface area contributed by atoms with Crippen molar-refractivity contribution in [3.8, 4) is 0 Å². The first-order valence-electron chi connectivity index (χ1n) is 10.5.